The number of primary amides is 1. The summed E-state index contributed by atoms with van der Waals surface area (Å²) in [7, 11) is 1.57. The summed E-state index contributed by atoms with van der Waals surface area (Å²) in [4.78, 5) is 40.1. The molecule has 1 aliphatic heterocycles. The van der Waals surface area contributed by atoms with E-state index in [-0.39, 0.29) is 19.6 Å². The molecule has 0 aromatic heterocycles. The lowest BCUT2D eigenvalue weighted by atomic mass is 9.93. The zero-order chi connectivity index (χ0) is 25.5. The number of nitrogens with one attached hydrogen (secondary N) is 1. The Labute approximate surface area is 210 Å². The summed E-state index contributed by atoms with van der Waals surface area (Å²) in [5.74, 6) is -0.434. The van der Waals surface area contributed by atoms with Gasteiger partial charge < -0.3 is 20.5 Å². The number of carbonyl (C=O) groups excluding carboxylic acids is 3. The fourth-order valence-electron chi connectivity index (χ4n) is 4.24. The van der Waals surface area contributed by atoms with Crippen molar-refractivity contribution in [3.05, 3.63) is 101 Å². The van der Waals surface area contributed by atoms with Crippen molar-refractivity contribution in [1.29, 1.82) is 0 Å². The van der Waals surface area contributed by atoms with E-state index in [2.05, 4.69) is 5.32 Å². The van der Waals surface area contributed by atoms with Crippen LogP contribution in [0, 0.1) is 0 Å². The molecule has 0 aliphatic carbocycles. The van der Waals surface area contributed by atoms with Crippen molar-refractivity contribution in [3.8, 4) is 5.75 Å². The maximum atomic E-state index is 13.4. The number of carbonyl (C=O) groups is 3. The SMILES string of the molecule is COc1ccc(C[C@@H](NC(=O)[C@@H]2Cc3ccccc3CN2C(=O)OCc2ccccc2)C(N)=O)cc1. The summed E-state index contributed by atoms with van der Waals surface area (Å²) >= 11 is 0. The van der Waals surface area contributed by atoms with Crippen molar-refractivity contribution in [2.75, 3.05) is 7.11 Å². The van der Waals surface area contributed by atoms with Crippen molar-refractivity contribution < 1.29 is 23.9 Å². The predicted molar refractivity (Wildman–Crippen MR) is 134 cm³/mol. The summed E-state index contributed by atoms with van der Waals surface area (Å²) in [6.07, 6.45) is -0.0807. The second-order valence-corrected chi connectivity index (χ2v) is 8.67. The Morgan fingerprint density at radius 1 is 0.944 bits per heavy atom. The molecule has 2 atom stereocenters. The highest BCUT2D eigenvalue weighted by atomic mass is 16.6. The Balaban J connectivity index is 1.50. The molecule has 0 fully saturated rings. The molecule has 186 valence electrons. The number of rotatable bonds is 8. The molecule has 36 heavy (non-hydrogen) atoms. The third-order valence-corrected chi connectivity index (χ3v) is 6.25. The van der Waals surface area contributed by atoms with Gasteiger partial charge in [0.05, 0.1) is 13.7 Å². The maximum absolute atomic E-state index is 13.4. The quantitative estimate of drug-likeness (QED) is 0.508. The first kappa shape index (κ1) is 24.8. The first-order chi connectivity index (χ1) is 17.4. The lowest BCUT2D eigenvalue weighted by Gasteiger charge is -2.35. The van der Waals surface area contributed by atoms with Gasteiger partial charge >= 0.3 is 6.09 Å². The third kappa shape index (κ3) is 6.02. The molecular formula is C28H29N3O5. The van der Waals surface area contributed by atoms with Crippen LogP contribution >= 0.6 is 0 Å². The maximum Gasteiger partial charge on any atom is 0.411 e. The molecule has 0 unspecified atom stereocenters. The van der Waals surface area contributed by atoms with Crippen LogP contribution in [-0.2, 0) is 40.3 Å². The molecule has 0 bridgehead atoms. The molecule has 4 rings (SSSR count). The van der Waals surface area contributed by atoms with Crippen LogP contribution in [0.15, 0.2) is 78.9 Å². The monoisotopic (exact) mass is 487 g/mol. The smallest absolute Gasteiger partial charge is 0.411 e. The third-order valence-electron chi connectivity index (χ3n) is 6.25. The second kappa shape index (κ2) is 11.4. The molecule has 8 heteroatoms. The molecular weight excluding hydrogens is 458 g/mol. The summed E-state index contributed by atoms with van der Waals surface area (Å²) in [5.41, 5.74) is 9.19. The van der Waals surface area contributed by atoms with Crippen LogP contribution in [0.4, 0.5) is 4.79 Å². The first-order valence-electron chi connectivity index (χ1n) is 11.7. The molecule has 0 radical (unpaired) electrons. The van der Waals surface area contributed by atoms with Crippen molar-refractivity contribution >= 4 is 17.9 Å². The van der Waals surface area contributed by atoms with Gasteiger partial charge in [0.15, 0.2) is 0 Å². The van der Waals surface area contributed by atoms with Crippen molar-refractivity contribution in [2.45, 2.75) is 38.1 Å². The Morgan fingerprint density at radius 2 is 1.61 bits per heavy atom. The van der Waals surface area contributed by atoms with E-state index in [1.807, 2.05) is 66.7 Å². The fraction of sp³-hybridized carbons (Fsp3) is 0.250. The predicted octanol–water partition coefficient (Wildman–Crippen LogP) is 2.97. The molecule has 3 amide bonds. The lowest BCUT2D eigenvalue weighted by Crippen LogP contribution is -2.56. The van der Waals surface area contributed by atoms with Gasteiger partial charge in [-0.15, -0.1) is 0 Å². The number of amides is 3. The second-order valence-electron chi connectivity index (χ2n) is 8.67. The van der Waals surface area contributed by atoms with Gasteiger partial charge in [-0.3, -0.25) is 14.5 Å². The number of fused-ring (bicyclic) bond motifs is 1. The molecule has 8 nitrogen and oxygen atoms in total. The van der Waals surface area contributed by atoms with E-state index in [4.69, 9.17) is 15.2 Å². The Bertz CT molecular complexity index is 1210. The Kier molecular flexibility index (Phi) is 7.85. The summed E-state index contributed by atoms with van der Waals surface area (Å²) in [6, 6.07) is 22.4. The van der Waals surface area contributed by atoms with E-state index in [1.165, 1.54) is 4.90 Å². The van der Waals surface area contributed by atoms with Gasteiger partial charge in [-0.1, -0.05) is 66.7 Å². The molecule has 1 heterocycles. The lowest BCUT2D eigenvalue weighted by molar-refractivity contribution is -0.131. The number of hydrogen-bond acceptors (Lipinski definition) is 5. The molecule has 1 aliphatic rings. The fourth-order valence-corrected chi connectivity index (χ4v) is 4.24. The number of methoxy groups -OCH3 is 1. The van der Waals surface area contributed by atoms with Crippen LogP contribution in [0.2, 0.25) is 0 Å². The molecule has 3 aromatic rings. The number of ether oxygens (including phenoxy) is 2. The van der Waals surface area contributed by atoms with Gasteiger partial charge in [-0.25, -0.2) is 4.79 Å². The van der Waals surface area contributed by atoms with Gasteiger partial charge in [0, 0.05) is 12.8 Å². The highest BCUT2D eigenvalue weighted by Gasteiger charge is 2.37. The van der Waals surface area contributed by atoms with E-state index in [9.17, 15) is 14.4 Å². The van der Waals surface area contributed by atoms with Gasteiger partial charge in [0.25, 0.3) is 0 Å². The molecule has 0 saturated heterocycles. The van der Waals surface area contributed by atoms with Crippen LogP contribution in [0.3, 0.4) is 0 Å². The van der Waals surface area contributed by atoms with Crippen molar-refractivity contribution in [2.24, 2.45) is 5.73 Å². The number of nitrogens with zero attached hydrogens (tertiary/aromatic N) is 1. The van der Waals surface area contributed by atoms with Crippen molar-refractivity contribution in [1.82, 2.24) is 10.2 Å². The van der Waals surface area contributed by atoms with Crippen LogP contribution in [0.1, 0.15) is 22.3 Å². The molecule has 0 saturated carbocycles. The van der Waals surface area contributed by atoms with E-state index < -0.39 is 30.0 Å². The van der Waals surface area contributed by atoms with E-state index in [0.29, 0.717) is 12.2 Å². The molecule has 0 spiro atoms. The number of nitrogens with two attached hydrogens (primary N) is 1. The Morgan fingerprint density at radius 3 is 2.28 bits per heavy atom. The molecule has 3 N–H and O–H groups in total. The van der Waals surface area contributed by atoms with Crippen LogP contribution in [0.5, 0.6) is 5.75 Å². The summed E-state index contributed by atoms with van der Waals surface area (Å²) in [5, 5.41) is 2.76. The minimum Gasteiger partial charge on any atom is -0.497 e. The average molecular weight is 488 g/mol. The van der Waals surface area contributed by atoms with E-state index in [0.717, 1.165) is 22.3 Å². The number of hydrogen-bond donors (Lipinski definition) is 2. The number of benzene rings is 3. The zero-order valence-electron chi connectivity index (χ0n) is 20.1. The van der Waals surface area contributed by atoms with Crippen LogP contribution in [0.25, 0.3) is 0 Å². The topological polar surface area (TPSA) is 111 Å². The van der Waals surface area contributed by atoms with Gasteiger partial charge in [-0.2, -0.15) is 0 Å². The minimum atomic E-state index is -0.940. The standard InChI is InChI=1S/C28H29N3O5/c1-35-23-13-11-19(12-14-23)15-24(26(29)32)30-27(33)25-16-21-9-5-6-10-22(21)17-31(25)28(34)36-18-20-7-3-2-4-8-20/h2-14,24-25H,15-18H2,1H3,(H2,29,32)(H,30,33)/t24-,25+/m1/s1. The van der Waals surface area contributed by atoms with Crippen molar-refractivity contribution in [3.63, 3.8) is 0 Å². The van der Waals surface area contributed by atoms with Gasteiger partial charge in [0.2, 0.25) is 11.8 Å². The largest absolute Gasteiger partial charge is 0.497 e. The van der Waals surface area contributed by atoms with E-state index >= 15 is 0 Å². The minimum absolute atomic E-state index is 0.0908. The van der Waals surface area contributed by atoms with Crippen LogP contribution in [-0.4, -0.2) is 42.0 Å². The van der Waals surface area contributed by atoms with Gasteiger partial charge in [0.1, 0.15) is 24.4 Å². The van der Waals surface area contributed by atoms with E-state index in [1.54, 1.807) is 19.2 Å². The summed E-state index contributed by atoms with van der Waals surface area (Å²) < 4.78 is 10.7. The highest BCUT2D eigenvalue weighted by Crippen LogP contribution is 2.25. The average Bonchev–Trinajstić information content (AvgIpc) is 2.91. The first-order valence-corrected chi connectivity index (χ1v) is 11.7. The van der Waals surface area contributed by atoms with Crippen LogP contribution < -0.4 is 15.8 Å². The molecule has 3 aromatic carbocycles. The zero-order valence-corrected chi connectivity index (χ0v) is 20.1. The highest BCUT2D eigenvalue weighted by molar-refractivity contribution is 5.91. The summed E-state index contributed by atoms with van der Waals surface area (Å²) in [6.45, 7) is 0.315. The normalized spacial score (nSPS) is 15.4. The van der Waals surface area contributed by atoms with Gasteiger partial charge in [-0.05, 0) is 34.4 Å². The Hall–Kier alpha value is -4.33.